The van der Waals surface area contributed by atoms with Crippen LogP contribution in [0.25, 0.3) is 0 Å². The van der Waals surface area contributed by atoms with Gasteiger partial charge in [0, 0.05) is 19.1 Å². The Labute approximate surface area is 123 Å². The van der Waals surface area contributed by atoms with E-state index in [0.717, 1.165) is 13.0 Å². The van der Waals surface area contributed by atoms with Gasteiger partial charge in [0.2, 0.25) is 0 Å². The number of halogens is 1. The molecule has 2 atom stereocenters. The van der Waals surface area contributed by atoms with Gasteiger partial charge in [0.1, 0.15) is 11.8 Å². The molecule has 0 radical (unpaired) electrons. The van der Waals surface area contributed by atoms with Crippen molar-refractivity contribution in [1.29, 1.82) is 0 Å². The van der Waals surface area contributed by atoms with Crippen LogP contribution in [-0.4, -0.2) is 42.4 Å². The van der Waals surface area contributed by atoms with Crippen LogP contribution in [0.2, 0.25) is 0 Å². The molecule has 20 heavy (non-hydrogen) atoms. The molecule has 1 fully saturated rings. The van der Waals surface area contributed by atoms with Gasteiger partial charge < -0.3 is 4.74 Å². The first-order valence-corrected chi connectivity index (χ1v) is 8.05. The van der Waals surface area contributed by atoms with E-state index >= 15 is 4.39 Å². The Hall–Kier alpha value is -0.410. The molecule has 2 rings (SSSR count). The minimum Gasteiger partial charge on any atom is -0.363 e. The highest BCUT2D eigenvalue weighted by Gasteiger charge is 2.52. The first-order chi connectivity index (χ1) is 9.29. The van der Waals surface area contributed by atoms with Gasteiger partial charge in [0.05, 0.1) is 6.61 Å². The summed E-state index contributed by atoms with van der Waals surface area (Å²) in [4.78, 5) is 2.23. The summed E-state index contributed by atoms with van der Waals surface area (Å²) in [5.74, 6) is 0.806. The average molecular weight is 283 g/mol. The Morgan fingerprint density at radius 1 is 1.15 bits per heavy atom. The maximum atomic E-state index is 15.0. The van der Waals surface area contributed by atoms with Crippen molar-refractivity contribution in [2.45, 2.75) is 65.8 Å². The maximum absolute atomic E-state index is 15.0. The van der Waals surface area contributed by atoms with Crippen LogP contribution in [0.4, 0.5) is 4.39 Å². The molecule has 0 aromatic rings. The van der Waals surface area contributed by atoms with Crippen molar-refractivity contribution in [3.8, 4) is 0 Å². The second kappa shape index (κ2) is 5.76. The summed E-state index contributed by atoms with van der Waals surface area (Å²) in [7, 11) is 0. The quantitative estimate of drug-likeness (QED) is 0.730. The Morgan fingerprint density at radius 3 is 2.25 bits per heavy atom. The van der Waals surface area contributed by atoms with Gasteiger partial charge in [0.15, 0.2) is 0 Å². The Bertz CT molecular complexity index is 388. The van der Waals surface area contributed by atoms with Crippen LogP contribution in [0, 0.1) is 11.8 Å². The third kappa shape index (κ3) is 2.55. The van der Waals surface area contributed by atoms with Crippen molar-refractivity contribution in [2.75, 3.05) is 19.7 Å². The van der Waals surface area contributed by atoms with Crippen molar-refractivity contribution < 1.29 is 9.13 Å². The summed E-state index contributed by atoms with van der Waals surface area (Å²) in [6.45, 7) is 15.1. The van der Waals surface area contributed by atoms with E-state index in [1.807, 2.05) is 0 Å². The third-order valence-corrected chi connectivity index (χ3v) is 4.96. The fourth-order valence-electron chi connectivity index (χ4n) is 3.82. The minimum absolute atomic E-state index is 0.360. The Kier molecular flexibility index (Phi) is 4.60. The molecule has 0 unspecified atom stereocenters. The fraction of sp³-hybridized carbons (Fsp3) is 0.882. The number of nitrogens with zero attached hydrogens (tertiary/aromatic N) is 1. The van der Waals surface area contributed by atoms with E-state index in [-0.39, 0.29) is 0 Å². The van der Waals surface area contributed by atoms with Crippen LogP contribution >= 0.6 is 0 Å². The fourth-order valence-corrected chi connectivity index (χ4v) is 3.82. The third-order valence-electron chi connectivity index (χ3n) is 4.96. The lowest BCUT2D eigenvalue weighted by Crippen LogP contribution is -2.56. The minimum atomic E-state index is -0.910. The number of hydrogen-bond acceptors (Lipinski definition) is 2. The summed E-state index contributed by atoms with van der Waals surface area (Å²) < 4.78 is 21.1. The van der Waals surface area contributed by atoms with E-state index in [2.05, 4.69) is 46.4 Å². The van der Waals surface area contributed by atoms with Crippen molar-refractivity contribution in [3.05, 3.63) is 11.1 Å². The van der Waals surface area contributed by atoms with E-state index in [0.29, 0.717) is 31.0 Å². The number of likely N-dealkylation sites (tertiary alicyclic amines) is 1. The Balaban J connectivity index is 2.31. The van der Waals surface area contributed by atoms with Gasteiger partial charge >= 0.3 is 0 Å². The molecule has 116 valence electrons. The monoisotopic (exact) mass is 283 g/mol. The van der Waals surface area contributed by atoms with Gasteiger partial charge in [-0.1, -0.05) is 27.7 Å². The molecule has 2 aliphatic heterocycles. The summed E-state index contributed by atoms with van der Waals surface area (Å²) >= 11 is 0. The molecule has 1 spiro atoms. The normalized spacial score (nSPS) is 32.4. The molecule has 0 saturated carbocycles. The lowest BCUT2D eigenvalue weighted by Gasteiger charge is -2.45. The van der Waals surface area contributed by atoms with Gasteiger partial charge in [-0.25, -0.2) is 4.39 Å². The Morgan fingerprint density at radius 2 is 1.80 bits per heavy atom. The van der Waals surface area contributed by atoms with Crippen LogP contribution in [0.15, 0.2) is 11.1 Å². The molecular weight excluding hydrogens is 253 g/mol. The summed E-state index contributed by atoms with van der Waals surface area (Å²) in [5, 5.41) is 0. The van der Waals surface area contributed by atoms with Gasteiger partial charge in [0.25, 0.3) is 0 Å². The molecule has 0 aromatic heterocycles. The van der Waals surface area contributed by atoms with Crippen molar-refractivity contribution in [1.82, 2.24) is 4.90 Å². The maximum Gasteiger partial charge on any atom is 0.145 e. The van der Waals surface area contributed by atoms with E-state index in [9.17, 15) is 0 Å². The zero-order chi connectivity index (χ0) is 15.1. The van der Waals surface area contributed by atoms with Gasteiger partial charge in [-0.3, -0.25) is 4.90 Å². The summed E-state index contributed by atoms with van der Waals surface area (Å²) in [5.41, 5.74) is 1.95. The molecule has 0 aromatic carbocycles. The highest BCUT2D eigenvalue weighted by atomic mass is 19.1. The van der Waals surface area contributed by atoms with Gasteiger partial charge in [-0.05, 0) is 43.3 Å². The molecule has 2 aliphatic rings. The molecule has 0 bridgehead atoms. The standard InChI is InChI=1S/C17H30FNO/c1-11(2)14-10-20-17(16(14)12(3)4)7-8-19(13(5)6)9-15(17)18/h11-13,15H,7-10H2,1-6H3/t15-,17+/m1/s1. The van der Waals surface area contributed by atoms with E-state index in [1.54, 1.807) is 0 Å². The molecule has 2 heterocycles. The summed E-state index contributed by atoms with van der Waals surface area (Å²) in [6.07, 6.45) is -0.122. The highest BCUT2D eigenvalue weighted by molar-refractivity contribution is 5.35. The van der Waals surface area contributed by atoms with Crippen LogP contribution in [0.1, 0.15) is 48.0 Å². The summed E-state index contributed by atoms with van der Waals surface area (Å²) in [6, 6.07) is 0.406. The molecular formula is C17H30FNO. The van der Waals surface area contributed by atoms with Gasteiger partial charge in [-0.2, -0.15) is 0 Å². The number of hydrogen-bond donors (Lipinski definition) is 0. The van der Waals surface area contributed by atoms with E-state index in [1.165, 1.54) is 11.1 Å². The van der Waals surface area contributed by atoms with E-state index < -0.39 is 11.8 Å². The molecule has 3 heteroatoms. The topological polar surface area (TPSA) is 12.5 Å². The molecule has 1 saturated heterocycles. The van der Waals surface area contributed by atoms with Crippen molar-refractivity contribution in [3.63, 3.8) is 0 Å². The predicted octanol–water partition coefficient (Wildman–Crippen LogP) is 3.82. The molecule has 0 N–H and O–H groups in total. The molecule has 0 amide bonds. The second-order valence-corrected chi connectivity index (χ2v) is 7.23. The SMILES string of the molecule is CC(C)C1=C(C(C)C)[C@@]2(CCN(C(C)C)C[C@H]2F)OC1. The highest BCUT2D eigenvalue weighted by Crippen LogP contribution is 2.46. The van der Waals surface area contributed by atoms with E-state index in [4.69, 9.17) is 4.74 Å². The van der Waals surface area contributed by atoms with Gasteiger partial charge in [-0.15, -0.1) is 0 Å². The largest absolute Gasteiger partial charge is 0.363 e. The first-order valence-electron chi connectivity index (χ1n) is 8.05. The smallest absolute Gasteiger partial charge is 0.145 e. The van der Waals surface area contributed by atoms with Crippen molar-refractivity contribution in [2.24, 2.45) is 11.8 Å². The zero-order valence-electron chi connectivity index (χ0n) is 13.9. The van der Waals surface area contributed by atoms with Crippen LogP contribution < -0.4 is 0 Å². The van der Waals surface area contributed by atoms with Crippen LogP contribution in [-0.2, 0) is 4.74 Å². The average Bonchev–Trinajstić information content (AvgIpc) is 2.73. The lowest BCUT2D eigenvalue weighted by atomic mass is 9.75. The zero-order valence-corrected chi connectivity index (χ0v) is 13.9. The lowest BCUT2D eigenvalue weighted by molar-refractivity contribution is -0.0940. The number of alkyl halides is 1. The number of piperidine rings is 1. The van der Waals surface area contributed by atoms with Crippen LogP contribution in [0.5, 0.6) is 0 Å². The molecule has 0 aliphatic carbocycles. The van der Waals surface area contributed by atoms with Crippen molar-refractivity contribution >= 4 is 0 Å². The number of ether oxygens (including phenoxy) is 1. The predicted molar refractivity (Wildman–Crippen MR) is 81.6 cm³/mol. The molecule has 2 nitrogen and oxygen atoms in total. The second-order valence-electron chi connectivity index (χ2n) is 7.23. The van der Waals surface area contributed by atoms with Crippen LogP contribution in [0.3, 0.4) is 0 Å². The first kappa shape index (κ1) is 16.0. The number of rotatable bonds is 3.